The number of likely N-dealkylation sites (N-methyl/N-ethyl adjacent to an activating group) is 1. The summed E-state index contributed by atoms with van der Waals surface area (Å²) in [7, 11) is 1.85. The summed E-state index contributed by atoms with van der Waals surface area (Å²) in [6, 6.07) is 6.33. The molecule has 1 heterocycles. The molecule has 2 heteroatoms. The predicted octanol–water partition coefficient (Wildman–Crippen LogP) is 2.33. The van der Waals surface area contributed by atoms with Gasteiger partial charge in [0.2, 0.25) is 5.91 Å². The van der Waals surface area contributed by atoms with Gasteiger partial charge < -0.3 is 4.90 Å². The Balaban J connectivity index is 2.46. The molecule has 0 bridgehead atoms. The van der Waals surface area contributed by atoms with Gasteiger partial charge in [-0.05, 0) is 23.1 Å². The number of benzene rings is 1. The van der Waals surface area contributed by atoms with Crippen LogP contribution in [0.3, 0.4) is 0 Å². The summed E-state index contributed by atoms with van der Waals surface area (Å²) in [6.07, 6.45) is 0.560. The zero-order chi connectivity index (χ0) is 10.3. The van der Waals surface area contributed by atoms with Gasteiger partial charge >= 0.3 is 0 Å². The van der Waals surface area contributed by atoms with Crippen LogP contribution in [0, 0.1) is 0 Å². The SMILES string of the molecule is CC(C)c1ccc2c(c1)N(C)C(=O)C2. The van der Waals surface area contributed by atoms with E-state index in [-0.39, 0.29) is 5.91 Å². The second-order valence-corrected chi connectivity index (χ2v) is 4.17. The number of amides is 1. The summed E-state index contributed by atoms with van der Waals surface area (Å²) >= 11 is 0. The second-order valence-electron chi connectivity index (χ2n) is 4.17. The predicted molar refractivity (Wildman–Crippen MR) is 57.6 cm³/mol. The van der Waals surface area contributed by atoms with E-state index in [2.05, 4.69) is 32.0 Å². The molecular weight excluding hydrogens is 174 g/mol. The molecule has 0 spiro atoms. The third-order valence-electron chi connectivity index (χ3n) is 2.85. The van der Waals surface area contributed by atoms with Gasteiger partial charge in [-0.1, -0.05) is 26.0 Å². The molecule has 14 heavy (non-hydrogen) atoms. The van der Waals surface area contributed by atoms with Crippen molar-refractivity contribution in [2.24, 2.45) is 0 Å². The maximum absolute atomic E-state index is 11.4. The third-order valence-corrected chi connectivity index (χ3v) is 2.85. The van der Waals surface area contributed by atoms with Crippen LogP contribution in [-0.4, -0.2) is 13.0 Å². The van der Waals surface area contributed by atoms with Crippen LogP contribution >= 0.6 is 0 Å². The van der Waals surface area contributed by atoms with Gasteiger partial charge in [-0.25, -0.2) is 0 Å². The zero-order valence-corrected chi connectivity index (χ0v) is 8.87. The van der Waals surface area contributed by atoms with Gasteiger partial charge in [-0.3, -0.25) is 4.79 Å². The standard InChI is InChI=1S/C12H15NO/c1-8(2)9-4-5-10-7-12(14)13(3)11(10)6-9/h4-6,8H,7H2,1-3H3. The molecule has 74 valence electrons. The third kappa shape index (κ3) is 1.31. The average Bonchev–Trinajstić information content (AvgIpc) is 2.43. The van der Waals surface area contributed by atoms with Crippen molar-refractivity contribution in [2.45, 2.75) is 26.2 Å². The fourth-order valence-corrected chi connectivity index (χ4v) is 1.82. The van der Waals surface area contributed by atoms with Crippen molar-refractivity contribution in [3.8, 4) is 0 Å². The van der Waals surface area contributed by atoms with Crippen LogP contribution < -0.4 is 4.90 Å². The molecule has 1 amide bonds. The number of carbonyl (C=O) groups is 1. The fraction of sp³-hybridized carbons (Fsp3) is 0.417. The molecule has 1 aromatic carbocycles. The van der Waals surface area contributed by atoms with Gasteiger partial charge in [0.1, 0.15) is 0 Å². The molecule has 2 nitrogen and oxygen atoms in total. The minimum absolute atomic E-state index is 0.195. The number of carbonyl (C=O) groups excluding carboxylic acids is 1. The van der Waals surface area contributed by atoms with E-state index in [1.54, 1.807) is 4.90 Å². The highest BCUT2D eigenvalue weighted by Gasteiger charge is 2.23. The van der Waals surface area contributed by atoms with E-state index in [1.165, 1.54) is 5.56 Å². The van der Waals surface area contributed by atoms with Crippen molar-refractivity contribution in [3.05, 3.63) is 29.3 Å². The molecule has 1 aliphatic heterocycles. The van der Waals surface area contributed by atoms with Crippen molar-refractivity contribution in [2.75, 3.05) is 11.9 Å². The first kappa shape index (κ1) is 9.25. The molecule has 2 rings (SSSR count). The number of fused-ring (bicyclic) bond motifs is 1. The minimum Gasteiger partial charge on any atom is -0.315 e. The van der Waals surface area contributed by atoms with E-state index in [0.717, 1.165) is 11.3 Å². The number of nitrogens with zero attached hydrogens (tertiary/aromatic N) is 1. The van der Waals surface area contributed by atoms with E-state index < -0.39 is 0 Å². The molecule has 1 aromatic rings. The lowest BCUT2D eigenvalue weighted by molar-refractivity contribution is -0.117. The molecule has 0 radical (unpaired) electrons. The van der Waals surface area contributed by atoms with Crippen LogP contribution in [-0.2, 0) is 11.2 Å². The Labute approximate surface area is 84.5 Å². The Morgan fingerprint density at radius 1 is 1.36 bits per heavy atom. The second kappa shape index (κ2) is 3.12. The maximum Gasteiger partial charge on any atom is 0.231 e. The van der Waals surface area contributed by atoms with Crippen molar-refractivity contribution in [1.82, 2.24) is 0 Å². The monoisotopic (exact) mass is 189 g/mol. The van der Waals surface area contributed by atoms with Crippen LogP contribution in [0.1, 0.15) is 30.9 Å². The Morgan fingerprint density at radius 2 is 2.07 bits per heavy atom. The van der Waals surface area contributed by atoms with Gasteiger partial charge in [-0.2, -0.15) is 0 Å². The molecule has 0 unspecified atom stereocenters. The molecule has 0 aromatic heterocycles. The number of rotatable bonds is 1. The lowest BCUT2D eigenvalue weighted by Gasteiger charge is -2.12. The molecule has 0 N–H and O–H groups in total. The van der Waals surface area contributed by atoms with Crippen LogP contribution in [0.2, 0.25) is 0 Å². The number of anilines is 1. The van der Waals surface area contributed by atoms with E-state index in [0.29, 0.717) is 12.3 Å². The van der Waals surface area contributed by atoms with Crippen molar-refractivity contribution >= 4 is 11.6 Å². The van der Waals surface area contributed by atoms with Crippen LogP contribution in [0.15, 0.2) is 18.2 Å². The van der Waals surface area contributed by atoms with E-state index in [9.17, 15) is 4.79 Å². The van der Waals surface area contributed by atoms with E-state index in [4.69, 9.17) is 0 Å². The van der Waals surface area contributed by atoms with Gasteiger partial charge in [0.05, 0.1) is 6.42 Å². The topological polar surface area (TPSA) is 20.3 Å². The number of hydrogen-bond donors (Lipinski definition) is 0. The zero-order valence-electron chi connectivity index (χ0n) is 8.87. The van der Waals surface area contributed by atoms with Crippen molar-refractivity contribution in [1.29, 1.82) is 0 Å². The normalized spacial score (nSPS) is 15.1. The number of hydrogen-bond acceptors (Lipinski definition) is 1. The van der Waals surface area contributed by atoms with Crippen LogP contribution in [0.5, 0.6) is 0 Å². The quantitative estimate of drug-likeness (QED) is 0.664. The van der Waals surface area contributed by atoms with Gasteiger partial charge in [0.15, 0.2) is 0 Å². The molecular formula is C12H15NO. The van der Waals surface area contributed by atoms with Crippen LogP contribution in [0.4, 0.5) is 5.69 Å². The molecule has 1 aliphatic rings. The summed E-state index contributed by atoms with van der Waals surface area (Å²) in [5.74, 6) is 0.713. The first-order valence-corrected chi connectivity index (χ1v) is 4.99. The smallest absolute Gasteiger partial charge is 0.231 e. The highest BCUT2D eigenvalue weighted by Crippen LogP contribution is 2.30. The summed E-state index contributed by atoms with van der Waals surface area (Å²) < 4.78 is 0. The summed E-state index contributed by atoms with van der Waals surface area (Å²) in [5.41, 5.74) is 3.54. The first-order chi connectivity index (χ1) is 6.59. The molecule has 0 saturated carbocycles. The molecule has 0 aliphatic carbocycles. The summed E-state index contributed by atoms with van der Waals surface area (Å²) in [6.45, 7) is 4.33. The van der Waals surface area contributed by atoms with E-state index >= 15 is 0 Å². The lowest BCUT2D eigenvalue weighted by atomic mass is 10.0. The van der Waals surface area contributed by atoms with Gasteiger partial charge in [0, 0.05) is 12.7 Å². The van der Waals surface area contributed by atoms with Crippen LogP contribution in [0.25, 0.3) is 0 Å². The average molecular weight is 189 g/mol. The highest BCUT2D eigenvalue weighted by atomic mass is 16.2. The van der Waals surface area contributed by atoms with Gasteiger partial charge in [0.25, 0.3) is 0 Å². The van der Waals surface area contributed by atoms with Crippen molar-refractivity contribution in [3.63, 3.8) is 0 Å². The maximum atomic E-state index is 11.4. The lowest BCUT2D eigenvalue weighted by Crippen LogP contribution is -2.20. The van der Waals surface area contributed by atoms with Gasteiger partial charge in [-0.15, -0.1) is 0 Å². The fourth-order valence-electron chi connectivity index (χ4n) is 1.82. The van der Waals surface area contributed by atoms with E-state index in [1.807, 2.05) is 7.05 Å². The molecule has 0 saturated heterocycles. The summed E-state index contributed by atoms with van der Waals surface area (Å²) in [4.78, 5) is 13.2. The Bertz CT molecular complexity index is 382. The highest BCUT2D eigenvalue weighted by molar-refractivity contribution is 6.00. The summed E-state index contributed by atoms with van der Waals surface area (Å²) in [5, 5.41) is 0. The minimum atomic E-state index is 0.195. The van der Waals surface area contributed by atoms with Crippen molar-refractivity contribution < 1.29 is 4.79 Å². The Hall–Kier alpha value is -1.31. The molecule has 0 atom stereocenters. The largest absolute Gasteiger partial charge is 0.315 e. The Morgan fingerprint density at radius 3 is 2.71 bits per heavy atom. The Kier molecular flexibility index (Phi) is 2.06. The first-order valence-electron chi connectivity index (χ1n) is 4.99. The molecule has 0 fully saturated rings.